The molecule has 0 spiro atoms. The van der Waals surface area contributed by atoms with Crippen LogP contribution < -0.4 is 9.47 Å². The Bertz CT molecular complexity index is 571. The molecule has 18 heavy (non-hydrogen) atoms. The second kappa shape index (κ2) is 5.27. The first-order chi connectivity index (χ1) is 8.38. The summed E-state index contributed by atoms with van der Waals surface area (Å²) in [6.45, 7) is 2.94. The topological polar surface area (TPSA) is 52.6 Å². The van der Waals surface area contributed by atoms with Gasteiger partial charge in [0.2, 0.25) is 9.05 Å². The Morgan fingerprint density at radius 2 is 1.94 bits per heavy atom. The molecule has 1 aromatic carbocycles. The lowest BCUT2D eigenvalue weighted by atomic mass is 10.1. The monoisotopic (exact) mass is 354 g/mol. The van der Waals surface area contributed by atoms with E-state index in [0.717, 1.165) is 12.0 Å². The minimum absolute atomic E-state index is 0.227. The zero-order chi connectivity index (χ0) is 13.3. The first-order valence-electron chi connectivity index (χ1n) is 5.38. The molecular formula is C11H12BrClO4S. The van der Waals surface area contributed by atoms with Gasteiger partial charge in [-0.3, -0.25) is 0 Å². The number of rotatable bonds is 2. The smallest absolute Gasteiger partial charge is 0.236 e. The molecule has 4 nitrogen and oxygen atoms in total. The fraction of sp³-hybridized carbons (Fsp3) is 0.455. The van der Waals surface area contributed by atoms with Crippen molar-refractivity contribution < 1.29 is 17.9 Å². The van der Waals surface area contributed by atoms with Gasteiger partial charge in [-0.25, -0.2) is 8.42 Å². The van der Waals surface area contributed by atoms with Crippen molar-refractivity contribution in [1.29, 1.82) is 0 Å². The summed E-state index contributed by atoms with van der Waals surface area (Å²) in [5.41, 5.74) is 1.36. The minimum Gasteiger partial charge on any atom is -0.489 e. The molecule has 0 saturated heterocycles. The van der Waals surface area contributed by atoms with E-state index in [1.807, 2.05) is 0 Å². The van der Waals surface area contributed by atoms with Gasteiger partial charge in [0.15, 0.2) is 11.5 Å². The maximum Gasteiger partial charge on any atom is 0.236 e. The number of halogens is 2. The van der Waals surface area contributed by atoms with E-state index in [-0.39, 0.29) is 5.75 Å². The van der Waals surface area contributed by atoms with Crippen LogP contribution in [0.4, 0.5) is 0 Å². The minimum atomic E-state index is -3.60. The summed E-state index contributed by atoms with van der Waals surface area (Å²) in [5.74, 6) is 0.994. The van der Waals surface area contributed by atoms with Gasteiger partial charge in [-0.1, -0.05) is 0 Å². The van der Waals surface area contributed by atoms with Crippen LogP contribution >= 0.6 is 26.6 Å². The zero-order valence-corrected chi connectivity index (χ0v) is 12.9. The largest absolute Gasteiger partial charge is 0.489 e. The van der Waals surface area contributed by atoms with Gasteiger partial charge in [-0.15, -0.1) is 0 Å². The van der Waals surface area contributed by atoms with Crippen molar-refractivity contribution in [3.63, 3.8) is 0 Å². The normalized spacial score (nSPS) is 15.3. The number of hydrogen-bond donors (Lipinski definition) is 0. The number of fused-ring (bicyclic) bond motifs is 1. The van der Waals surface area contributed by atoms with Crippen LogP contribution in [0.15, 0.2) is 10.5 Å². The second-order valence-electron chi connectivity index (χ2n) is 4.03. The average Bonchev–Trinajstić information content (AvgIpc) is 2.49. The molecule has 1 aromatic rings. The van der Waals surface area contributed by atoms with Crippen LogP contribution in [0.3, 0.4) is 0 Å². The summed E-state index contributed by atoms with van der Waals surface area (Å²) in [7, 11) is 1.70. The summed E-state index contributed by atoms with van der Waals surface area (Å²) in [5, 5.41) is 0. The highest BCUT2D eigenvalue weighted by atomic mass is 79.9. The second-order valence-corrected chi connectivity index (χ2v) is 7.67. The molecule has 0 fully saturated rings. The molecule has 0 amide bonds. The van der Waals surface area contributed by atoms with Crippen molar-refractivity contribution >= 4 is 35.7 Å². The van der Waals surface area contributed by atoms with Crippen LogP contribution in [0.5, 0.6) is 11.5 Å². The van der Waals surface area contributed by atoms with E-state index < -0.39 is 9.05 Å². The van der Waals surface area contributed by atoms with Gasteiger partial charge in [0.25, 0.3) is 0 Å². The van der Waals surface area contributed by atoms with Crippen molar-refractivity contribution in [3.05, 3.63) is 21.7 Å². The van der Waals surface area contributed by atoms with Crippen molar-refractivity contribution in [1.82, 2.24) is 0 Å². The number of ether oxygens (including phenoxy) is 2. The van der Waals surface area contributed by atoms with Crippen LogP contribution in [0.2, 0.25) is 0 Å². The molecule has 0 bridgehead atoms. The average molecular weight is 356 g/mol. The van der Waals surface area contributed by atoms with E-state index in [0.29, 0.717) is 34.7 Å². The van der Waals surface area contributed by atoms with Crippen molar-refractivity contribution in [2.75, 3.05) is 13.2 Å². The predicted molar refractivity (Wildman–Crippen MR) is 73.0 cm³/mol. The first-order valence-corrected chi connectivity index (χ1v) is 8.65. The van der Waals surface area contributed by atoms with Gasteiger partial charge in [0, 0.05) is 17.1 Å². The Labute approximate surface area is 119 Å². The summed E-state index contributed by atoms with van der Waals surface area (Å²) in [6.07, 6.45) is 0.795. The zero-order valence-electron chi connectivity index (χ0n) is 9.70. The molecule has 0 radical (unpaired) electrons. The molecule has 7 heteroatoms. The van der Waals surface area contributed by atoms with Crippen LogP contribution in [0, 0.1) is 6.92 Å². The maximum absolute atomic E-state index is 11.2. The van der Waals surface area contributed by atoms with Crippen LogP contribution in [-0.4, -0.2) is 21.6 Å². The van der Waals surface area contributed by atoms with E-state index in [1.165, 1.54) is 0 Å². The molecule has 2 rings (SSSR count). The molecule has 0 atom stereocenters. The summed E-state index contributed by atoms with van der Waals surface area (Å²) in [4.78, 5) is 0. The third-order valence-corrected chi connectivity index (χ3v) is 4.23. The molecule has 0 unspecified atom stereocenters. The van der Waals surface area contributed by atoms with Crippen molar-refractivity contribution in [2.24, 2.45) is 0 Å². The molecule has 1 heterocycles. The lowest BCUT2D eigenvalue weighted by molar-refractivity contribution is 0.296. The lowest BCUT2D eigenvalue weighted by Gasteiger charge is -2.15. The fourth-order valence-electron chi connectivity index (χ4n) is 1.80. The molecule has 1 aliphatic rings. The Hall–Kier alpha value is -0.460. The molecule has 1 aliphatic heterocycles. The Balaban J connectivity index is 2.52. The first kappa shape index (κ1) is 14.0. The number of benzene rings is 1. The molecule has 0 N–H and O–H groups in total. The summed E-state index contributed by atoms with van der Waals surface area (Å²) >= 11 is 3.37. The SMILES string of the molecule is Cc1c(CS(=O)(=O)Cl)cc(Br)c2c1OCCCO2. The highest BCUT2D eigenvalue weighted by molar-refractivity contribution is 9.10. The van der Waals surface area contributed by atoms with E-state index in [9.17, 15) is 8.42 Å². The Kier molecular flexibility index (Phi) is 4.08. The Morgan fingerprint density at radius 3 is 2.56 bits per heavy atom. The highest BCUT2D eigenvalue weighted by Gasteiger charge is 2.21. The maximum atomic E-state index is 11.2. The van der Waals surface area contributed by atoms with Crippen molar-refractivity contribution in [2.45, 2.75) is 19.1 Å². The third kappa shape index (κ3) is 3.10. The Morgan fingerprint density at radius 1 is 1.33 bits per heavy atom. The van der Waals surface area contributed by atoms with E-state index in [1.54, 1.807) is 13.0 Å². The van der Waals surface area contributed by atoms with Gasteiger partial charge >= 0.3 is 0 Å². The van der Waals surface area contributed by atoms with E-state index in [2.05, 4.69) is 15.9 Å². The molecule has 100 valence electrons. The van der Waals surface area contributed by atoms with Crippen molar-refractivity contribution in [3.8, 4) is 11.5 Å². The predicted octanol–water partition coefficient (Wildman–Crippen LogP) is 2.99. The van der Waals surface area contributed by atoms with Gasteiger partial charge < -0.3 is 9.47 Å². The quantitative estimate of drug-likeness (QED) is 0.765. The lowest BCUT2D eigenvalue weighted by Crippen LogP contribution is -2.02. The van der Waals surface area contributed by atoms with Gasteiger partial charge in [-0.05, 0) is 40.0 Å². The highest BCUT2D eigenvalue weighted by Crippen LogP contribution is 2.42. The number of hydrogen-bond acceptors (Lipinski definition) is 4. The third-order valence-electron chi connectivity index (χ3n) is 2.66. The van der Waals surface area contributed by atoms with Gasteiger partial charge in [0.1, 0.15) is 0 Å². The van der Waals surface area contributed by atoms with Crippen LogP contribution in [0.1, 0.15) is 17.5 Å². The van der Waals surface area contributed by atoms with Gasteiger partial charge in [-0.2, -0.15) is 0 Å². The molecule has 0 saturated carbocycles. The summed E-state index contributed by atoms with van der Waals surface area (Å²) in [6, 6.07) is 1.71. The standard InChI is InChI=1S/C11H12BrClO4S/c1-7-8(6-18(13,14)15)5-9(12)11-10(7)16-3-2-4-17-11/h5H,2-4,6H2,1H3. The van der Waals surface area contributed by atoms with E-state index >= 15 is 0 Å². The van der Waals surface area contributed by atoms with Crippen LogP contribution in [0.25, 0.3) is 0 Å². The molecule has 0 aliphatic carbocycles. The van der Waals surface area contributed by atoms with Gasteiger partial charge in [0.05, 0.1) is 23.4 Å². The summed E-state index contributed by atoms with van der Waals surface area (Å²) < 4.78 is 34.3. The van der Waals surface area contributed by atoms with Crippen LogP contribution in [-0.2, 0) is 14.8 Å². The molecule has 0 aromatic heterocycles. The molecular weight excluding hydrogens is 344 g/mol. The fourth-order valence-corrected chi connectivity index (χ4v) is 3.40. The van der Waals surface area contributed by atoms with E-state index in [4.69, 9.17) is 20.2 Å².